The van der Waals surface area contributed by atoms with Gasteiger partial charge in [0.25, 0.3) is 0 Å². The van der Waals surface area contributed by atoms with Crippen LogP contribution in [0.1, 0.15) is 36.8 Å². The molecular formula is C32H37Cl2N3O6S. The smallest absolute Gasteiger partial charge is 0.244 e. The number of methoxy groups -OCH3 is 2. The number of hydrogen-bond donors (Lipinski definition) is 1. The molecule has 1 N–H and O–H groups in total. The summed E-state index contributed by atoms with van der Waals surface area (Å²) in [6, 6.07) is 18.1. The van der Waals surface area contributed by atoms with E-state index >= 15 is 0 Å². The fourth-order valence-electron chi connectivity index (χ4n) is 5.34. The van der Waals surface area contributed by atoms with Crippen LogP contribution >= 0.6 is 23.2 Å². The number of hydrogen-bond acceptors (Lipinski definition) is 6. The van der Waals surface area contributed by atoms with Crippen molar-refractivity contribution in [1.29, 1.82) is 0 Å². The van der Waals surface area contributed by atoms with E-state index in [1.807, 2.05) is 30.3 Å². The lowest BCUT2D eigenvalue weighted by Crippen LogP contribution is -2.54. The largest absolute Gasteiger partial charge is 0.497 e. The average molecular weight is 663 g/mol. The molecule has 2 amide bonds. The molecule has 4 rings (SSSR count). The van der Waals surface area contributed by atoms with Crippen LogP contribution < -0.4 is 19.1 Å². The molecule has 3 aromatic carbocycles. The van der Waals surface area contributed by atoms with Crippen LogP contribution in [0, 0.1) is 0 Å². The summed E-state index contributed by atoms with van der Waals surface area (Å²) in [7, 11) is -1.14. The van der Waals surface area contributed by atoms with Crippen LogP contribution in [0.2, 0.25) is 10.0 Å². The van der Waals surface area contributed by atoms with Gasteiger partial charge in [0.15, 0.2) is 0 Å². The van der Waals surface area contributed by atoms with Gasteiger partial charge in [-0.2, -0.15) is 0 Å². The third-order valence-electron chi connectivity index (χ3n) is 7.64. The molecule has 1 aliphatic rings. The standard InChI is InChI=1S/C32H37Cl2N3O6S/c1-42-25-14-16-30(43-2)28(19-25)37(44(3,40)41)21-31(38)36(20-23-13-15-26(33)27(34)17-23)29(18-22-9-5-4-6-10-22)32(39)35-24-11-7-8-12-24/h4-6,9-10,13-17,19,24,29H,7-8,11-12,18,20-21H2,1-3H3,(H,35,39)/t29-/m1/s1. The van der Waals surface area contributed by atoms with Gasteiger partial charge in [0.1, 0.15) is 24.1 Å². The Morgan fingerprint density at radius 1 is 0.932 bits per heavy atom. The topological polar surface area (TPSA) is 105 Å². The number of nitrogens with one attached hydrogen (secondary N) is 1. The zero-order valence-corrected chi connectivity index (χ0v) is 27.3. The van der Waals surface area contributed by atoms with Gasteiger partial charge in [0, 0.05) is 25.1 Å². The number of rotatable bonds is 13. The van der Waals surface area contributed by atoms with Crippen LogP contribution in [0.3, 0.4) is 0 Å². The quantitative estimate of drug-likeness (QED) is 0.260. The first-order valence-corrected chi connectivity index (χ1v) is 16.9. The van der Waals surface area contributed by atoms with Gasteiger partial charge in [0.2, 0.25) is 21.8 Å². The number of halogens is 2. The molecule has 3 aromatic rings. The van der Waals surface area contributed by atoms with Crippen molar-refractivity contribution in [3.63, 3.8) is 0 Å². The number of carbonyl (C=O) groups excluding carboxylic acids is 2. The van der Waals surface area contributed by atoms with Gasteiger partial charge in [-0.25, -0.2) is 8.42 Å². The molecule has 0 bridgehead atoms. The molecule has 0 saturated heterocycles. The summed E-state index contributed by atoms with van der Waals surface area (Å²) in [5.41, 5.74) is 1.61. The maximum atomic E-state index is 14.4. The van der Waals surface area contributed by atoms with E-state index in [0.717, 1.165) is 41.8 Å². The molecule has 0 radical (unpaired) electrons. The summed E-state index contributed by atoms with van der Waals surface area (Å²) in [5.74, 6) is -0.278. The highest BCUT2D eigenvalue weighted by molar-refractivity contribution is 7.92. The zero-order valence-electron chi connectivity index (χ0n) is 25.0. The minimum absolute atomic E-state index is 0.0104. The molecule has 0 unspecified atom stereocenters. The molecule has 0 spiro atoms. The predicted octanol–water partition coefficient (Wildman–Crippen LogP) is 5.48. The molecule has 1 aliphatic carbocycles. The van der Waals surface area contributed by atoms with E-state index in [1.54, 1.807) is 30.3 Å². The van der Waals surface area contributed by atoms with Gasteiger partial charge < -0.3 is 19.7 Å². The first-order valence-electron chi connectivity index (χ1n) is 14.3. The number of amides is 2. The Bertz CT molecular complexity index is 1570. The van der Waals surface area contributed by atoms with Gasteiger partial charge in [-0.05, 0) is 48.2 Å². The lowest BCUT2D eigenvalue weighted by atomic mass is 10.0. The van der Waals surface area contributed by atoms with Gasteiger partial charge in [0.05, 0.1) is 36.2 Å². The summed E-state index contributed by atoms with van der Waals surface area (Å²) in [5, 5.41) is 3.79. The van der Waals surface area contributed by atoms with Crippen molar-refractivity contribution in [2.75, 3.05) is 31.3 Å². The monoisotopic (exact) mass is 661 g/mol. The van der Waals surface area contributed by atoms with Crippen LogP contribution in [0.5, 0.6) is 11.5 Å². The third kappa shape index (κ3) is 8.58. The normalized spacial score (nSPS) is 14.1. The van der Waals surface area contributed by atoms with Gasteiger partial charge in [-0.1, -0.05) is 72.4 Å². The van der Waals surface area contributed by atoms with E-state index in [2.05, 4.69) is 5.32 Å². The Hall–Kier alpha value is -3.47. The maximum absolute atomic E-state index is 14.4. The van der Waals surface area contributed by atoms with Crippen molar-refractivity contribution in [1.82, 2.24) is 10.2 Å². The Balaban J connectivity index is 1.78. The second-order valence-corrected chi connectivity index (χ2v) is 13.5. The third-order valence-corrected chi connectivity index (χ3v) is 9.51. The van der Waals surface area contributed by atoms with Gasteiger partial charge >= 0.3 is 0 Å². The fraction of sp³-hybridized carbons (Fsp3) is 0.375. The van der Waals surface area contributed by atoms with Crippen molar-refractivity contribution in [3.8, 4) is 11.5 Å². The highest BCUT2D eigenvalue weighted by Crippen LogP contribution is 2.34. The minimum atomic E-state index is -4.00. The number of benzene rings is 3. The maximum Gasteiger partial charge on any atom is 0.244 e. The van der Waals surface area contributed by atoms with Crippen LogP contribution in [-0.4, -0.2) is 64.2 Å². The average Bonchev–Trinajstić information content (AvgIpc) is 3.52. The molecule has 0 heterocycles. The number of sulfonamides is 1. The first-order chi connectivity index (χ1) is 21.0. The molecule has 12 heteroatoms. The molecule has 0 aromatic heterocycles. The molecule has 236 valence electrons. The summed E-state index contributed by atoms with van der Waals surface area (Å²) in [4.78, 5) is 29.8. The Morgan fingerprint density at radius 2 is 1.64 bits per heavy atom. The fourth-order valence-corrected chi connectivity index (χ4v) is 6.51. The Labute approximate surface area is 269 Å². The first kappa shape index (κ1) is 33.4. The second-order valence-electron chi connectivity index (χ2n) is 10.8. The second kappa shape index (κ2) is 15.0. The molecular weight excluding hydrogens is 625 g/mol. The summed E-state index contributed by atoms with van der Waals surface area (Å²) >= 11 is 12.5. The summed E-state index contributed by atoms with van der Waals surface area (Å²) in [6.07, 6.45) is 4.99. The van der Waals surface area contributed by atoms with Crippen LogP contribution in [-0.2, 0) is 32.6 Å². The summed E-state index contributed by atoms with van der Waals surface area (Å²) < 4.78 is 38.1. The van der Waals surface area contributed by atoms with Crippen molar-refractivity contribution in [3.05, 3.63) is 87.9 Å². The van der Waals surface area contributed by atoms with E-state index in [9.17, 15) is 18.0 Å². The Morgan fingerprint density at radius 3 is 2.25 bits per heavy atom. The molecule has 1 fully saturated rings. The van der Waals surface area contributed by atoms with E-state index in [4.69, 9.17) is 32.7 Å². The van der Waals surface area contributed by atoms with Crippen molar-refractivity contribution >= 4 is 50.7 Å². The van der Waals surface area contributed by atoms with E-state index < -0.39 is 28.5 Å². The van der Waals surface area contributed by atoms with Crippen molar-refractivity contribution < 1.29 is 27.5 Å². The molecule has 44 heavy (non-hydrogen) atoms. The van der Waals surface area contributed by atoms with Crippen molar-refractivity contribution in [2.45, 2.75) is 50.7 Å². The number of nitrogens with zero attached hydrogens (tertiary/aromatic N) is 2. The molecule has 9 nitrogen and oxygen atoms in total. The van der Waals surface area contributed by atoms with Crippen LogP contribution in [0.25, 0.3) is 0 Å². The highest BCUT2D eigenvalue weighted by atomic mass is 35.5. The molecule has 1 saturated carbocycles. The zero-order chi connectivity index (χ0) is 31.9. The molecule has 1 atom stereocenters. The lowest BCUT2D eigenvalue weighted by molar-refractivity contribution is -0.140. The Kier molecular flexibility index (Phi) is 11.4. The van der Waals surface area contributed by atoms with Crippen LogP contribution in [0.15, 0.2) is 66.7 Å². The van der Waals surface area contributed by atoms with E-state index in [-0.39, 0.29) is 36.4 Å². The summed E-state index contributed by atoms with van der Waals surface area (Å²) in [6.45, 7) is -0.607. The highest BCUT2D eigenvalue weighted by Gasteiger charge is 2.35. The number of carbonyl (C=O) groups is 2. The van der Waals surface area contributed by atoms with Crippen LogP contribution in [0.4, 0.5) is 5.69 Å². The molecule has 0 aliphatic heterocycles. The van der Waals surface area contributed by atoms with Gasteiger partial charge in [-0.15, -0.1) is 0 Å². The van der Waals surface area contributed by atoms with E-state index in [0.29, 0.717) is 21.4 Å². The van der Waals surface area contributed by atoms with E-state index in [1.165, 1.54) is 25.2 Å². The SMILES string of the molecule is COc1ccc(OC)c(N(CC(=O)N(Cc2ccc(Cl)c(Cl)c2)[C@H](Cc2ccccc2)C(=O)NC2CCCC2)S(C)(=O)=O)c1. The van der Waals surface area contributed by atoms with Gasteiger partial charge in [-0.3, -0.25) is 13.9 Å². The minimum Gasteiger partial charge on any atom is -0.497 e. The predicted molar refractivity (Wildman–Crippen MR) is 173 cm³/mol. The number of anilines is 1. The van der Waals surface area contributed by atoms with Crippen molar-refractivity contribution in [2.24, 2.45) is 0 Å². The lowest BCUT2D eigenvalue weighted by Gasteiger charge is -2.34. The number of ether oxygens (including phenoxy) is 2.